The summed E-state index contributed by atoms with van der Waals surface area (Å²) < 4.78 is 1.58. The summed E-state index contributed by atoms with van der Waals surface area (Å²) in [5.41, 5.74) is 1.59. The largest absolute Gasteiger partial charge is 1.00 e. The minimum Gasteiger partial charge on any atom is -1.00 e. The summed E-state index contributed by atoms with van der Waals surface area (Å²) >= 11 is 4.35. The van der Waals surface area contributed by atoms with E-state index in [0.717, 1.165) is 0 Å². The average molecular weight is 300 g/mol. The fraction of sp³-hybridized carbons (Fsp3) is 0.636. The first-order valence-corrected chi connectivity index (χ1v) is 6.96. The van der Waals surface area contributed by atoms with Crippen molar-refractivity contribution in [1.82, 2.24) is 0 Å². The fourth-order valence-electron chi connectivity index (χ4n) is 1.40. The molecule has 4 heteroatoms. The summed E-state index contributed by atoms with van der Waals surface area (Å²) in [6.45, 7) is 2.25. The Kier molecular flexibility index (Phi) is 14.3. The van der Waals surface area contributed by atoms with E-state index in [-0.39, 0.29) is 24.8 Å². The van der Waals surface area contributed by atoms with Crippen LogP contribution in [0.4, 0.5) is 0 Å². The van der Waals surface area contributed by atoms with Gasteiger partial charge in [0.25, 0.3) is 0 Å². The van der Waals surface area contributed by atoms with Crippen molar-refractivity contribution >= 4 is 11.8 Å². The standard InChI is InChI=1S/C11H17S.2ClH.Ti/c1-2-9-12-10-5-8-11-6-3-4-7-11;;;/h3,6H,2,4-5,8-10H2,1H3;2*1H;/q;;;+2/p-2. The molecule has 0 radical (unpaired) electrons. The Bertz CT molecular complexity index is 215. The van der Waals surface area contributed by atoms with Crippen molar-refractivity contribution in [3.63, 3.8) is 0 Å². The second-order valence-corrected chi connectivity index (χ2v) is 5.49. The zero-order chi connectivity index (χ0) is 9.52. The Morgan fingerprint density at radius 1 is 1.33 bits per heavy atom. The quantitative estimate of drug-likeness (QED) is 0.392. The van der Waals surface area contributed by atoms with Gasteiger partial charge in [-0.05, 0) is 0 Å². The Hall–Kier alpha value is 1.12. The van der Waals surface area contributed by atoms with Crippen LogP contribution in [0.15, 0.2) is 21.6 Å². The molecule has 0 saturated heterocycles. The monoisotopic (exact) mass is 299 g/mol. The number of allylic oxidation sites excluding steroid dienone is 4. The van der Waals surface area contributed by atoms with Crippen LogP contribution >= 0.6 is 11.8 Å². The number of hydrogen-bond acceptors (Lipinski definition) is 1. The van der Waals surface area contributed by atoms with Crippen molar-refractivity contribution in [3.8, 4) is 0 Å². The van der Waals surface area contributed by atoms with Gasteiger partial charge < -0.3 is 24.8 Å². The molecule has 0 bridgehead atoms. The predicted molar refractivity (Wildman–Crippen MR) is 57.6 cm³/mol. The van der Waals surface area contributed by atoms with Crippen LogP contribution in [0.1, 0.15) is 32.6 Å². The second kappa shape index (κ2) is 11.6. The molecule has 85 valence electrons. The van der Waals surface area contributed by atoms with Crippen LogP contribution in [0, 0.1) is 0 Å². The molecule has 1 rings (SSSR count). The molecule has 1 aliphatic rings. The third-order valence-electron chi connectivity index (χ3n) is 2.11. The van der Waals surface area contributed by atoms with Crippen molar-refractivity contribution in [2.45, 2.75) is 32.6 Å². The molecule has 15 heavy (non-hydrogen) atoms. The summed E-state index contributed by atoms with van der Waals surface area (Å²) in [5.74, 6) is 2.66. The first-order valence-electron chi connectivity index (χ1n) is 5.02. The zero-order valence-electron chi connectivity index (χ0n) is 9.06. The molecule has 0 spiro atoms. The molecule has 0 atom stereocenters. The van der Waals surface area contributed by atoms with E-state index in [2.05, 4.69) is 51.3 Å². The molecular formula is C11H17Cl2STi. The van der Waals surface area contributed by atoms with E-state index in [1.54, 1.807) is 9.45 Å². The minimum absolute atomic E-state index is 0. The number of halogens is 2. The van der Waals surface area contributed by atoms with Gasteiger partial charge in [0.05, 0.1) is 0 Å². The van der Waals surface area contributed by atoms with E-state index in [1.807, 2.05) is 0 Å². The number of rotatable bonds is 6. The Labute approximate surface area is 122 Å². The molecule has 0 aliphatic heterocycles. The fourth-order valence-corrected chi connectivity index (χ4v) is 2.75. The van der Waals surface area contributed by atoms with Crippen LogP contribution in [-0.4, -0.2) is 11.5 Å². The van der Waals surface area contributed by atoms with Crippen LogP contribution in [-0.2, 0) is 20.4 Å². The summed E-state index contributed by atoms with van der Waals surface area (Å²) in [6, 6.07) is 0. The normalized spacial score (nSPS) is 13.8. The molecule has 0 heterocycles. The van der Waals surface area contributed by atoms with Gasteiger partial charge in [0.2, 0.25) is 0 Å². The topological polar surface area (TPSA) is 0 Å². The van der Waals surface area contributed by atoms with Crippen molar-refractivity contribution in [2.75, 3.05) is 11.5 Å². The molecule has 0 aromatic heterocycles. The maximum absolute atomic E-state index is 2.31. The average Bonchev–Trinajstić information content (AvgIpc) is 2.52. The van der Waals surface area contributed by atoms with Crippen molar-refractivity contribution in [1.29, 1.82) is 0 Å². The number of hydrogen-bond donors (Lipinski definition) is 0. The molecule has 1 aliphatic carbocycles. The van der Waals surface area contributed by atoms with E-state index in [1.165, 1.54) is 37.2 Å². The molecule has 0 aromatic rings. The van der Waals surface area contributed by atoms with Crippen LogP contribution < -0.4 is 24.8 Å². The van der Waals surface area contributed by atoms with Gasteiger partial charge in [-0.3, -0.25) is 0 Å². The Morgan fingerprint density at radius 3 is 2.60 bits per heavy atom. The molecule has 0 N–H and O–H groups in total. The van der Waals surface area contributed by atoms with E-state index in [0.29, 0.717) is 0 Å². The number of thioether (sulfide) groups is 1. The van der Waals surface area contributed by atoms with Gasteiger partial charge in [0.15, 0.2) is 0 Å². The molecule has 0 fully saturated rings. The Morgan fingerprint density at radius 2 is 2.07 bits per heavy atom. The van der Waals surface area contributed by atoms with Crippen molar-refractivity contribution < 1.29 is 45.2 Å². The summed E-state index contributed by atoms with van der Waals surface area (Å²) in [5, 5.41) is 0. The third-order valence-corrected chi connectivity index (χ3v) is 4.21. The smallest absolute Gasteiger partial charge is 1.00 e. The Balaban J connectivity index is 0. The van der Waals surface area contributed by atoms with Gasteiger partial charge in [-0.2, -0.15) is 0 Å². The van der Waals surface area contributed by atoms with Gasteiger partial charge in [0.1, 0.15) is 0 Å². The first kappa shape index (κ1) is 18.5. The van der Waals surface area contributed by atoms with E-state index in [9.17, 15) is 0 Å². The van der Waals surface area contributed by atoms with E-state index < -0.39 is 0 Å². The molecule has 0 nitrogen and oxygen atoms in total. The molecule has 0 amide bonds. The van der Waals surface area contributed by atoms with Gasteiger partial charge in [-0.1, -0.05) is 0 Å². The van der Waals surface area contributed by atoms with Gasteiger partial charge in [-0.25, -0.2) is 0 Å². The SMILES string of the molecule is CCCSCCCC1=[C]([Ti+2])CC=C1.[Cl-].[Cl-]. The van der Waals surface area contributed by atoms with Crippen molar-refractivity contribution in [3.05, 3.63) is 21.6 Å². The van der Waals surface area contributed by atoms with Gasteiger partial charge in [0, 0.05) is 0 Å². The summed E-state index contributed by atoms with van der Waals surface area (Å²) in [6.07, 6.45) is 9.73. The molecular weight excluding hydrogens is 283 g/mol. The molecule has 0 saturated carbocycles. The van der Waals surface area contributed by atoms with Gasteiger partial charge in [-0.15, -0.1) is 0 Å². The van der Waals surface area contributed by atoms with Crippen molar-refractivity contribution in [2.24, 2.45) is 0 Å². The maximum Gasteiger partial charge on any atom is -1.00 e. The predicted octanol–water partition coefficient (Wildman–Crippen LogP) is -2.32. The van der Waals surface area contributed by atoms with E-state index in [4.69, 9.17) is 0 Å². The van der Waals surface area contributed by atoms with Gasteiger partial charge >= 0.3 is 97.9 Å². The van der Waals surface area contributed by atoms with Crippen LogP contribution in [0.2, 0.25) is 0 Å². The van der Waals surface area contributed by atoms with Crippen LogP contribution in [0.5, 0.6) is 0 Å². The summed E-state index contributed by atoms with van der Waals surface area (Å²) in [7, 11) is 0. The van der Waals surface area contributed by atoms with Crippen LogP contribution in [0.25, 0.3) is 0 Å². The van der Waals surface area contributed by atoms with Crippen LogP contribution in [0.3, 0.4) is 0 Å². The first-order chi connectivity index (χ1) is 6.34. The van der Waals surface area contributed by atoms with E-state index >= 15 is 0 Å². The maximum atomic E-state index is 2.31. The zero-order valence-corrected chi connectivity index (χ0v) is 13.0. The summed E-state index contributed by atoms with van der Waals surface area (Å²) in [4.78, 5) is 0. The third kappa shape index (κ3) is 7.93. The molecule has 0 unspecified atom stereocenters. The molecule has 0 aromatic carbocycles. The second-order valence-electron chi connectivity index (χ2n) is 3.33. The minimum atomic E-state index is 0.